The highest BCUT2D eigenvalue weighted by atomic mass is 16.2. The first kappa shape index (κ1) is 14.2. The van der Waals surface area contributed by atoms with Crippen molar-refractivity contribution >= 4 is 5.91 Å². The summed E-state index contributed by atoms with van der Waals surface area (Å²) in [4.78, 5) is 14.7. The SMILES string of the molecule is O=C(C1CC=CC1)N1CCCn2nnc(Cn3cccc3)c2C1. The van der Waals surface area contributed by atoms with Gasteiger partial charge in [-0.05, 0) is 31.4 Å². The Morgan fingerprint density at radius 1 is 1.17 bits per heavy atom. The molecule has 0 bridgehead atoms. The van der Waals surface area contributed by atoms with Gasteiger partial charge in [0.1, 0.15) is 5.69 Å². The van der Waals surface area contributed by atoms with Crippen LogP contribution in [0.2, 0.25) is 0 Å². The lowest BCUT2D eigenvalue weighted by molar-refractivity contribution is -0.135. The van der Waals surface area contributed by atoms with Crippen LogP contribution in [0.4, 0.5) is 0 Å². The Hall–Kier alpha value is -2.37. The Balaban J connectivity index is 1.55. The van der Waals surface area contributed by atoms with Crippen molar-refractivity contribution in [2.45, 2.75) is 38.9 Å². The van der Waals surface area contributed by atoms with Gasteiger partial charge in [0, 0.05) is 31.4 Å². The van der Waals surface area contributed by atoms with E-state index >= 15 is 0 Å². The third-order valence-electron chi connectivity index (χ3n) is 4.72. The van der Waals surface area contributed by atoms with Crippen LogP contribution in [-0.2, 0) is 24.4 Å². The molecule has 0 saturated heterocycles. The van der Waals surface area contributed by atoms with Gasteiger partial charge in [-0.2, -0.15) is 0 Å². The lowest BCUT2D eigenvalue weighted by atomic mass is 10.1. The van der Waals surface area contributed by atoms with E-state index in [2.05, 4.69) is 27.0 Å². The maximum absolute atomic E-state index is 12.7. The van der Waals surface area contributed by atoms with E-state index in [1.807, 2.05) is 34.1 Å². The zero-order valence-electron chi connectivity index (χ0n) is 13.1. The van der Waals surface area contributed by atoms with E-state index in [-0.39, 0.29) is 11.8 Å². The van der Waals surface area contributed by atoms with Crippen LogP contribution in [0.25, 0.3) is 0 Å². The molecule has 2 aliphatic rings. The number of fused-ring (bicyclic) bond motifs is 1. The molecule has 6 nitrogen and oxygen atoms in total. The molecule has 0 atom stereocenters. The summed E-state index contributed by atoms with van der Waals surface area (Å²) in [6.45, 7) is 2.97. The van der Waals surface area contributed by atoms with Crippen LogP contribution >= 0.6 is 0 Å². The average Bonchev–Trinajstić information content (AvgIpc) is 3.29. The van der Waals surface area contributed by atoms with E-state index in [9.17, 15) is 4.79 Å². The largest absolute Gasteiger partial charge is 0.348 e. The predicted molar refractivity (Wildman–Crippen MR) is 85.5 cm³/mol. The van der Waals surface area contributed by atoms with Crippen LogP contribution < -0.4 is 0 Å². The first-order valence-electron chi connectivity index (χ1n) is 8.27. The number of aryl methyl sites for hydroxylation is 1. The van der Waals surface area contributed by atoms with Crippen LogP contribution in [0, 0.1) is 5.92 Å². The van der Waals surface area contributed by atoms with Crippen LogP contribution in [-0.4, -0.2) is 36.9 Å². The Bertz CT molecular complexity index is 707. The molecule has 2 aromatic heterocycles. The number of hydrogen-bond acceptors (Lipinski definition) is 3. The molecule has 0 aromatic carbocycles. The smallest absolute Gasteiger partial charge is 0.226 e. The molecule has 4 rings (SSSR count). The second-order valence-corrected chi connectivity index (χ2v) is 6.31. The molecule has 2 aromatic rings. The maximum atomic E-state index is 12.7. The highest BCUT2D eigenvalue weighted by molar-refractivity contribution is 5.79. The molecule has 0 fully saturated rings. The molecule has 1 aliphatic heterocycles. The van der Waals surface area contributed by atoms with Gasteiger partial charge in [-0.3, -0.25) is 4.79 Å². The predicted octanol–water partition coefficient (Wildman–Crippen LogP) is 1.83. The van der Waals surface area contributed by atoms with Gasteiger partial charge >= 0.3 is 0 Å². The van der Waals surface area contributed by atoms with Gasteiger partial charge in [-0.15, -0.1) is 5.10 Å². The fourth-order valence-electron chi connectivity index (χ4n) is 3.43. The lowest BCUT2D eigenvalue weighted by Crippen LogP contribution is -2.35. The fourth-order valence-corrected chi connectivity index (χ4v) is 3.43. The highest BCUT2D eigenvalue weighted by Crippen LogP contribution is 2.23. The van der Waals surface area contributed by atoms with E-state index < -0.39 is 0 Å². The molecule has 0 spiro atoms. The Kier molecular flexibility index (Phi) is 3.73. The van der Waals surface area contributed by atoms with Crippen LogP contribution in [0.1, 0.15) is 30.7 Å². The number of rotatable bonds is 3. The molecular weight excluding hydrogens is 290 g/mol. The first-order valence-corrected chi connectivity index (χ1v) is 8.27. The Labute approximate surface area is 135 Å². The van der Waals surface area contributed by atoms with Crippen LogP contribution in [0.15, 0.2) is 36.7 Å². The third-order valence-corrected chi connectivity index (χ3v) is 4.72. The summed E-state index contributed by atoms with van der Waals surface area (Å²) in [5.74, 6) is 0.405. The molecule has 23 heavy (non-hydrogen) atoms. The summed E-state index contributed by atoms with van der Waals surface area (Å²) in [5, 5.41) is 8.64. The van der Waals surface area contributed by atoms with E-state index in [1.54, 1.807) is 0 Å². The third kappa shape index (κ3) is 2.81. The molecular formula is C17H21N5O. The minimum absolute atomic E-state index is 0.130. The van der Waals surface area contributed by atoms with Gasteiger partial charge in [-0.25, -0.2) is 4.68 Å². The van der Waals surface area contributed by atoms with Gasteiger partial charge in [-0.1, -0.05) is 17.4 Å². The van der Waals surface area contributed by atoms with Crippen molar-refractivity contribution in [1.82, 2.24) is 24.5 Å². The lowest BCUT2D eigenvalue weighted by Gasteiger charge is -2.23. The summed E-state index contributed by atoms with van der Waals surface area (Å²) < 4.78 is 4.06. The number of aromatic nitrogens is 4. The molecule has 0 N–H and O–H groups in total. The van der Waals surface area contributed by atoms with Gasteiger partial charge < -0.3 is 9.47 Å². The summed E-state index contributed by atoms with van der Waals surface area (Å²) in [6, 6.07) is 4.01. The minimum Gasteiger partial charge on any atom is -0.348 e. The van der Waals surface area contributed by atoms with Gasteiger partial charge in [0.2, 0.25) is 5.91 Å². The fraction of sp³-hybridized carbons (Fsp3) is 0.471. The second kappa shape index (κ2) is 6.02. The van der Waals surface area contributed by atoms with Crippen molar-refractivity contribution in [3.05, 3.63) is 48.1 Å². The van der Waals surface area contributed by atoms with Crippen LogP contribution in [0.3, 0.4) is 0 Å². The normalized spacial score (nSPS) is 18.2. The molecule has 0 unspecified atom stereocenters. The molecule has 120 valence electrons. The average molecular weight is 311 g/mol. The van der Waals surface area contributed by atoms with Crippen molar-refractivity contribution in [3.63, 3.8) is 0 Å². The number of allylic oxidation sites excluding steroid dienone is 2. The summed E-state index contributed by atoms with van der Waals surface area (Å²) in [6.07, 6.45) is 11.0. The van der Waals surface area contributed by atoms with Gasteiger partial charge in [0.15, 0.2) is 0 Å². The van der Waals surface area contributed by atoms with Crippen molar-refractivity contribution < 1.29 is 4.79 Å². The second-order valence-electron chi connectivity index (χ2n) is 6.31. The van der Waals surface area contributed by atoms with E-state index in [4.69, 9.17) is 0 Å². The number of carbonyl (C=O) groups is 1. The Morgan fingerprint density at radius 3 is 2.74 bits per heavy atom. The molecule has 0 saturated carbocycles. The van der Waals surface area contributed by atoms with E-state index in [0.717, 1.165) is 43.7 Å². The van der Waals surface area contributed by atoms with Crippen molar-refractivity contribution in [2.75, 3.05) is 6.54 Å². The standard InChI is InChI=1S/C17H21N5O/c23-17(14-6-1-2-7-14)21-10-5-11-22-16(13-21)15(18-19-22)12-20-8-3-4-9-20/h1-4,8-9,14H,5-7,10-13H2. The van der Waals surface area contributed by atoms with Crippen molar-refractivity contribution in [1.29, 1.82) is 0 Å². The van der Waals surface area contributed by atoms with E-state index in [1.165, 1.54) is 0 Å². The molecule has 6 heteroatoms. The molecule has 1 amide bonds. The monoisotopic (exact) mass is 311 g/mol. The first-order chi connectivity index (χ1) is 11.3. The minimum atomic E-state index is 0.130. The van der Waals surface area contributed by atoms with Gasteiger partial charge in [0.25, 0.3) is 0 Å². The molecule has 3 heterocycles. The summed E-state index contributed by atoms with van der Waals surface area (Å²) in [5.41, 5.74) is 2.04. The van der Waals surface area contributed by atoms with Gasteiger partial charge in [0.05, 0.1) is 18.8 Å². The van der Waals surface area contributed by atoms with E-state index in [0.29, 0.717) is 13.1 Å². The quantitative estimate of drug-likeness (QED) is 0.813. The Morgan fingerprint density at radius 2 is 1.96 bits per heavy atom. The maximum Gasteiger partial charge on any atom is 0.226 e. The topological polar surface area (TPSA) is 56.0 Å². The summed E-state index contributed by atoms with van der Waals surface area (Å²) in [7, 11) is 0. The molecule has 1 aliphatic carbocycles. The van der Waals surface area contributed by atoms with Crippen molar-refractivity contribution in [3.8, 4) is 0 Å². The number of hydrogen-bond donors (Lipinski definition) is 0. The zero-order valence-corrected chi connectivity index (χ0v) is 13.1. The number of nitrogens with zero attached hydrogens (tertiary/aromatic N) is 5. The number of amides is 1. The number of carbonyl (C=O) groups excluding carboxylic acids is 1. The zero-order chi connectivity index (χ0) is 15.6. The summed E-state index contributed by atoms with van der Waals surface area (Å²) >= 11 is 0. The van der Waals surface area contributed by atoms with Crippen LogP contribution in [0.5, 0.6) is 0 Å². The highest BCUT2D eigenvalue weighted by Gasteiger charge is 2.28. The van der Waals surface area contributed by atoms with Crippen molar-refractivity contribution in [2.24, 2.45) is 5.92 Å². The molecule has 0 radical (unpaired) electrons.